The summed E-state index contributed by atoms with van der Waals surface area (Å²) in [6, 6.07) is 19.6. The van der Waals surface area contributed by atoms with Crippen molar-refractivity contribution in [3.8, 4) is 17.1 Å². The fourth-order valence-electron chi connectivity index (χ4n) is 2.97. The van der Waals surface area contributed by atoms with Crippen molar-refractivity contribution in [1.29, 1.82) is 0 Å². The molecule has 0 aliphatic carbocycles. The topological polar surface area (TPSA) is 93.3 Å². The third-order valence-electron chi connectivity index (χ3n) is 4.54. The molecule has 31 heavy (non-hydrogen) atoms. The van der Waals surface area contributed by atoms with E-state index in [0.29, 0.717) is 22.6 Å². The van der Waals surface area contributed by atoms with E-state index in [4.69, 9.17) is 9.47 Å². The van der Waals surface area contributed by atoms with E-state index >= 15 is 0 Å². The molecule has 0 fully saturated rings. The van der Waals surface area contributed by atoms with E-state index < -0.39 is 11.9 Å². The summed E-state index contributed by atoms with van der Waals surface area (Å²) in [5, 5.41) is 2.67. The summed E-state index contributed by atoms with van der Waals surface area (Å²) in [5.41, 5.74) is 3.25. The molecule has 0 saturated heterocycles. The zero-order valence-corrected chi connectivity index (χ0v) is 18.1. The largest absolute Gasteiger partial charge is 0.497 e. The molecule has 1 heterocycles. The molecule has 0 aliphatic rings. The number of methoxy groups -OCH3 is 1. The number of aromatic nitrogens is 2. The van der Waals surface area contributed by atoms with E-state index in [1.54, 1.807) is 49.6 Å². The van der Waals surface area contributed by atoms with Crippen LogP contribution in [0, 0.1) is 0 Å². The Kier molecular flexibility index (Phi) is 5.99. The summed E-state index contributed by atoms with van der Waals surface area (Å²) >= 11 is 3.33. The molecule has 4 aromatic rings. The van der Waals surface area contributed by atoms with Crippen LogP contribution in [0.15, 0.2) is 71.2 Å². The molecule has 0 atom stereocenters. The van der Waals surface area contributed by atoms with E-state index in [1.165, 1.54) is 0 Å². The van der Waals surface area contributed by atoms with Gasteiger partial charge >= 0.3 is 5.97 Å². The number of nitrogens with zero attached hydrogens (tertiary/aromatic N) is 1. The summed E-state index contributed by atoms with van der Waals surface area (Å²) in [6.45, 7) is -0.382. The lowest BCUT2D eigenvalue weighted by Crippen LogP contribution is -2.20. The first-order chi connectivity index (χ1) is 15.0. The first kappa shape index (κ1) is 20.6. The minimum absolute atomic E-state index is 0.328. The van der Waals surface area contributed by atoms with Crippen molar-refractivity contribution in [2.24, 2.45) is 0 Å². The lowest BCUT2D eigenvalue weighted by atomic mass is 10.2. The fourth-order valence-corrected chi connectivity index (χ4v) is 3.23. The van der Waals surface area contributed by atoms with Crippen molar-refractivity contribution in [3.63, 3.8) is 0 Å². The number of ether oxygens (including phenoxy) is 2. The van der Waals surface area contributed by atoms with Gasteiger partial charge in [0.15, 0.2) is 6.61 Å². The highest BCUT2D eigenvalue weighted by molar-refractivity contribution is 9.10. The fraction of sp³-hybridized carbons (Fsp3) is 0.0870. The molecule has 2 N–H and O–H groups in total. The predicted octanol–water partition coefficient (Wildman–Crippen LogP) is 4.80. The van der Waals surface area contributed by atoms with Crippen molar-refractivity contribution in [3.05, 3.63) is 76.8 Å². The van der Waals surface area contributed by atoms with Crippen molar-refractivity contribution in [2.45, 2.75) is 0 Å². The molecule has 3 aromatic carbocycles. The van der Waals surface area contributed by atoms with E-state index in [-0.39, 0.29) is 6.61 Å². The van der Waals surface area contributed by atoms with Gasteiger partial charge in [0, 0.05) is 15.7 Å². The summed E-state index contributed by atoms with van der Waals surface area (Å²) in [7, 11) is 1.61. The highest BCUT2D eigenvalue weighted by Gasteiger charge is 2.13. The smallest absolute Gasteiger partial charge is 0.338 e. The third kappa shape index (κ3) is 4.92. The molecule has 1 aromatic heterocycles. The number of carbonyl (C=O) groups excluding carboxylic acids is 2. The van der Waals surface area contributed by atoms with E-state index in [2.05, 4.69) is 31.2 Å². The Hall–Kier alpha value is -3.65. The van der Waals surface area contributed by atoms with Gasteiger partial charge in [-0.05, 0) is 66.7 Å². The Morgan fingerprint density at radius 1 is 1.03 bits per heavy atom. The number of aromatic amines is 1. The number of anilines is 1. The molecule has 0 bridgehead atoms. The molecule has 4 rings (SSSR count). The van der Waals surface area contributed by atoms with Gasteiger partial charge in [0.05, 0.1) is 23.7 Å². The van der Waals surface area contributed by atoms with Gasteiger partial charge in [-0.15, -0.1) is 0 Å². The quantitative estimate of drug-likeness (QED) is 0.387. The highest BCUT2D eigenvalue weighted by Crippen LogP contribution is 2.23. The molecule has 8 heteroatoms. The zero-order chi connectivity index (χ0) is 21.8. The zero-order valence-electron chi connectivity index (χ0n) is 16.5. The molecule has 1 amide bonds. The van der Waals surface area contributed by atoms with Crippen LogP contribution in [-0.2, 0) is 9.53 Å². The average Bonchev–Trinajstić information content (AvgIpc) is 3.22. The lowest BCUT2D eigenvalue weighted by Gasteiger charge is -2.07. The van der Waals surface area contributed by atoms with Gasteiger partial charge in [-0.2, -0.15) is 0 Å². The van der Waals surface area contributed by atoms with Crippen LogP contribution in [0.1, 0.15) is 10.4 Å². The highest BCUT2D eigenvalue weighted by atomic mass is 79.9. The maximum Gasteiger partial charge on any atom is 0.338 e. The Labute approximate surface area is 186 Å². The number of nitrogens with one attached hydrogen (secondary N) is 2. The number of esters is 1. The number of hydrogen-bond acceptors (Lipinski definition) is 5. The molecule has 0 unspecified atom stereocenters. The minimum atomic E-state index is -0.589. The van der Waals surface area contributed by atoms with Gasteiger partial charge in [-0.1, -0.05) is 15.9 Å². The third-order valence-corrected chi connectivity index (χ3v) is 5.07. The normalized spacial score (nSPS) is 10.6. The molecule has 0 spiro atoms. The van der Waals surface area contributed by atoms with Crippen molar-refractivity contribution >= 4 is 44.5 Å². The Bertz CT molecular complexity index is 1230. The first-order valence-corrected chi connectivity index (χ1v) is 10.2. The number of carbonyl (C=O) groups is 2. The number of amides is 1. The number of fused-ring (bicyclic) bond motifs is 1. The number of halogens is 1. The summed E-state index contributed by atoms with van der Waals surface area (Å²) in [5.74, 6) is 0.430. The summed E-state index contributed by atoms with van der Waals surface area (Å²) < 4.78 is 11.2. The maximum absolute atomic E-state index is 12.4. The molecular formula is C23H18BrN3O4. The summed E-state index contributed by atoms with van der Waals surface area (Å²) in [4.78, 5) is 32.2. The van der Waals surface area contributed by atoms with Gasteiger partial charge in [0.1, 0.15) is 11.6 Å². The van der Waals surface area contributed by atoms with E-state index in [1.807, 2.05) is 24.3 Å². The lowest BCUT2D eigenvalue weighted by molar-refractivity contribution is -0.119. The van der Waals surface area contributed by atoms with E-state index in [0.717, 1.165) is 21.3 Å². The summed E-state index contributed by atoms with van der Waals surface area (Å²) in [6.07, 6.45) is 0. The first-order valence-electron chi connectivity index (χ1n) is 9.38. The Morgan fingerprint density at radius 3 is 2.48 bits per heavy atom. The van der Waals surface area contributed by atoms with Crippen LogP contribution in [-0.4, -0.2) is 35.6 Å². The van der Waals surface area contributed by atoms with Crippen molar-refractivity contribution in [1.82, 2.24) is 9.97 Å². The second-order valence-electron chi connectivity index (χ2n) is 6.68. The number of imidazole rings is 1. The van der Waals surface area contributed by atoms with Gasteiger partial charge in [-0.25, -0.2) is 9.78 Å². The maximum atomic E-state index is 12.4. The Morgan fingerprint density at radius 2 is 1.77 bits per heavy atom. The van der Waals surface area contributed by atoms with Crippen molar-refractivity contribution in [2.75, 3.05) is 19.0 Å². The Balaban J connectivity index is 1.41. The van der Waals surface area contributed by atoms with Crippen molar-refractivity contribution < 1.29 is 19.1 Å². The molecule has 0 saturated carbocycles. The van der Waals surface area contributed by atoms with Crippen LogP contribution in [0.4, 0.5) is 5.69 Å². The number of hydrogen-bond donors (Lipinski definition) is 2. The number of benzene rings is 3. The molecule has 0 aliphatic heterocycles. The standard InChI is InChI=1S/C23H18BrN3O4/c1-30-18-9-2-14(3-10-18)22-26-19-11-4-15(12-20(19)27-22)23(29)31-13-21(28)25-17-7-5-16(24)6-8-17/h2-12H,13H2,1H3,(H,25,28)(H,26,27). The van der Waals surface area contributed by atoms with Crippen LogP contribution in [0.2, 0.25) is 0 Å². The SMILES string of the molecule is COc1ccc(-c2nc3ccc(C(=O)OCC(=O)Nc4ccc(Br)cc4)cc3[nH]2)cc1. The molecule has 156 valence electrons. The van der Waals surface area contributed by atoms with Crippen LogP contribution in [0.3, 0.4) is 0 Å². The average molecular weight is 480 g/mol. The van der Waals surface area contributed by atoms with Crippen LogP contribution in [0.5, 0.6) is 5.75 Å². The van der Waals surface area contributed by atoms with Crippen LogP contribution >= 0.6 is 15.9 Å². The molecule has 0 radical (unpaired) electrons. The predicted molar refractivity (Wildman–Crippen MR) is 121 cm³/mol. The monoisotopic (exact) mass is 479 g/mol. The molecule has 7 nitrogen and oxygen atoms in total. The van der Waals surface area contributed by atoms with Gasteiger partial charge < -0.3 is 19.8 Å². The van der Waals surface area contributed by atoms with E-state index in [9.17, 15) is 9.59 Å². The van der Waals surface area contributed by atoms with Crippen LogP contribution < -0.4 is 10.1 Å². The second-order valence-corrected chi connectivity index (χ2v) is 7.59. The van der Waals surface area contributed by atoms with Gasteiger partial charge in [-0.3, -0.25) is 4.79 Å². The molecular weight excluding hydrogens is 462 g/mol. The minimum Gasteiger partial charge on any atom is -0.497 e. The van der Waals surface area contributed by atoms with Crippen LogP contribution in [0.25, 0.3) is 22.4 Å². The number of H-pyrrole nitrogens is 1. The van der Waals surface area contributed by atoms with Gasteiger partial charge in [0.2, 0.25) is 0 Å². The van der Waals surface area contributed by atoms with Gasteiger partial charge in [0.25, 0.3) is 5.91 Å². The second kappa shape index (κ2) is 9.01. The number of rotatable bonds is 6.